The van der Waals surface area contributed by atoms with Crippen LogP contribution in [0.25, 0.3) is 11.6 Å². The van der Waals surface area contributed by atoms with Crippen LogP contribution in [0.2, 0.25) is 6.32 Å². The normalized spacial score (nSPS) is 23.3. The predicted octanol–water partition coefficient (Wildman–Crippen LogP) is 4.66. The molecule has 2 aromatic carbocycles. The minimum Gasteiger partial charge on any atom is -0.507 e. The second-order valence-corrected chi connectivity index (χ2v) is 11.5. The summed E-state index contributed by atoms with van der Waals surface area (Å²) in [5.74, 6) is -2.64. The van der Waals surface area contributed by atoms with E-state index in [9.17, 15) is 29.8 Å². The molecule has 4 atom stereocenters. The van der Waals surface area contributed by atoms with E-state index in [0.29, 0.717) is 18.4 Å². The van der Waals surface area contributed by atoms with Gasteiger partial charge in [0.2, 0.25) is 11.8 Å². The SMILES string of the molecule is COCC1=C2[C@@H](CC/C(=C/c3ccccc3O)c3ccccn3)OB(O)C[C@@H]2[C@@H]2C(=O)N(c3cccc([N+](=O)[O-])c3)C(=O)[C@@H]2C1. The number of amides is 2. The van der Waals surface area contributed by atoms with Gasteiger partial charge >= 0.3 is 7.12 Å². The minimum atomic E-state index is -1.17. The van der Waals surface area contributed by atoms with Gasteiger partial charge in [0.1, 0.15) is 5.75 Å². The molecule has 3 heterocycles. The first-order chi connectivity index (χ1) is 21.8. The number of carbonyl (C=O) groups is 2. The Morgan fingerprint density at radius 3 is 2.67 bits per heavy atom. The zero-order valence-electron chi connectivity index (χ0n) is 24.6. The molecular formula is C33H32BN3O8. The maximum absolute atomic E-state index is 14.0. The van der Waals surface area contributed by atoms with Gasteiger partial charge < -0.3 is 19.5 Å². The molecule has 2 fully saturated rings. The van der Waals surface area contributed by atoms with Gasteiger partial charge in [-0.1, -0.05) is 30.3 Å². The molecule has 6 rings (SSSR count). The quantitative estimate of drug-likeness (QED) is 0.116. The molecule has 45 heavy (non-hydrogen) atoms. The summed E-state index contributed by atoms with van der Waals surface area (Å²) >= 11 is 0. The molecule has 2 aliphatic heterocycles. The number of rotatable bonds is 9. The molecule has 230 valence electrons. The lowest BCUT2D eigenvalue weighted by molar-refractivity contribution is -0.384. The summed E-state index contributed by atoms with van der Waals surface area (Å²) in [5, 5.41) is 32.8. The number of hydrogen-bond acceptors (Lipinski definition) is 9. The Balaban J connectivity index is 1.33. The molecule has 11 nitrogen and oxygen atoms in total. The highest BCUT2D eigenvalue weighted by Crippen LogP contribution is 2.51. The van der Waals surface area contributed by atoms with Crippen molar-refractivity contribution in [1.29, 1.82) is 0 Å². The van der Waals surface area contributed by atoms with Gasteiger partial charge in [-0.15, -0.1) is 0 Å². The summed E-state index contributed by atoms with van der Waals surface area (Å²) in [6.45, 7) is 0.226. The summed E-state index contributed by atoms with van der Waals surface area (Å²) in [6, 6.07) is 18.1. The number of aromatic nitrogens is 1. The van der Waals surface area contributed by atoms with Crippen molar-refractivity contribution < 1.29 is 34.0 Å². The number of fused-ring (bicyclic) bond motifs is 3. The van der Waals surface area contributed by atoms with E-state index in [2.05, 4.69) is 4.98 Å². The highest BCUT2D eigenvalue weighted by molar-refractivity contribution is 6.43. The molecule has 3 aromatic rings. The van der Waals surface area contributed by atoms with Crippen molar-refractivity contribution >= 4 is 42.0 Å². The Kier molecular flexibility index (Phi) is 8.62. The number of methoxy groups -OCH3 is 1. The number of carbonyl (C=O) groups excluding carboxylic acids is 2. The summed E-state index contributed by atoms with van der Waals surface area (Å²) in [7, 11) is 0.398. The number of phenols is 1. The number of non-ortho nitro benzene ring substituents is 1. The monoisotopic (exact) mass is 609 g/mol. The van der Waals surface area contributed by atoms with E-state index in [-0.39, 0.29) is 36.5 Å². The Labute approximate surface area is 260 Å². The van der Waals surface area contributed by atoms with Gasteiger partial charge in [-0.3, -0.25) is 24.7 Å². The van der Waals surface area contributed by atoms with Crippen LogP contribution < -0.4 is 4.90 Å². The number of para-hydroxylation sites is 1. The van der Waals surface area contributed by atoms with E-state index in [0.717, 1.165) is 27.3 Å². The molecule has 0 spiro atoms. The number of imide groups is 1. The van der Waals surface area contributed by atoms with Crippen LogP contribution in [0.15, 0.2) is 84.1 Å². The van der Waals surface area contributed by atoms with Crippen molar-refractivity contribution in [3.05, 3.63) is 105 Å². The molecule has 0 saturated carbocycles. The number of pyridine rings is 1. The van der Waals surface area contributed by atoms with Crippen molar-refractivity contribution in [1.82, 2.24) is 4.98 Å². The molecule has 0 unspecified atom stereocenters. The first-order valence-corrected chi connectivity index (χ1v) is 14.8. The predicted molar refractivity (Wildman–Crippen MR) is 167 cm³/mol. The molecule has 0 radical (unpaired) electrons. The number of nitro benzene ring substituents is 1. The fraction of sp³-hybridized carbons (Fsp3) is 0.303. The van der Waals surface area contributed by atoms with Gasteiger partial charge in [0.25, 0.3) is 5.69 Å². The van der Waals surface area contributed by atoms with Crippen LogP contribution in [0.3, 0.4) is 0 Å². The first-order valence-electron chi connectivity index (χ1n) is 14.8. The molecule has 3 aliphatic rings. The second kappa shape index (κ2) is 12.8. The zero-order valence-corrected chi connectivity index (χ0v) is 24.6. The van der Waals surface area contributed by atoms with Crippen LogP contribution in [0.1, 0.15) is 30.5 Å². The molecular weight excluding hydrogens is 577 g/mol. The number of anilines is 1. The average molecular weight is 609 g/mol. The third-order valence-corrected chi connectivity index (χ3v) is 8.86. The number of benzene rings is 2. The van der Waals surface area contributed by atoms with E-state index in [4.69, 9.17) is 9.39 Å². The number of aromatic hydroxyl groups is 1. The number of nitrogens with zero attached hydrogens (tertiary/aromatic N) is 3. The maximum atomic E-state index is 14.0. The highest BCUT2D eigenvalue weighted by atomic mass is 16.6. The third-order valence-electron chi connectivity index (χ3n) is 8.86. The average Bonchev–Trinajstić information content (AvgIpc) is 3.29. The first kappa shape index (κ1) is 30.4. The standard InChI is InChI=1S/C33H32BN3O8/c1-44-19-22-16-25-31(33(40)36(32(25)39)23-8-6-9-24(17-23)37(42)43)26-18-34(41)45-29(30(22)26)13-12-20(27-10-4-5-14-35-27)15-21-7-2-3-11-28(21)38/h2-11,14-15,17,25-26,29,31,38,41H,12-13,16,18-19H2,1H3/b20-15-/t25-,26+,29-,31-/m1/s1. The summed E-state index contributed by atoms with van der Waals surface area (Å²) in [6.07, 6.45) is 4.31. The fourth-order valence-corrected chi connectivity index (χ4v) is 6.98. The Bertz CT molecular complexity index is 1690. The van der Waals surface area contributed by atoms with Crippen molar-refractivity contribution in [2.45, 2.75) is 31.7 Å². The van der Waals surface area contributed by atoms with E-state index in [1.165, 1.54) is 24.3 Å². The van der Waals surface area contributed by atoms with E-state index < -0.39 is 47.7 Å². The van der Waals surface area contributed by atoms with Crippen LogP contribution in [0.4, 0.5) is 11.4 Å². The smallest absolute Gasteiger partial charge is 0.455 e. The van der Waals surface area contributed by atoms with Gasteiger partial charge in [-0.25, -0.2) is 4.90 Å². The van der Waals surface area contributed by atoms with Crippen LogP contribution >= 0.6 is 0 Å². The number of ether oxygens (including phenoxy) is 1. The molecule has 2 N–H and O–H groups in total. The Hall–Kier alpha value is -4.65. The van der Waals surface area contributed by atoms with Crippen molar-refractivity contribution in [2.24, 2.45) is 17.8 Å². The van der Waals surface area contributed by atoms with Gasteiger partial charge in [0.05, 0.1) is 40.9 Å². The minimum absolute atomic E-state index is 0.128. The number of nitro groups is 1. The number of hydrogen-bond donors (Lipinski definition) is 2. The number of phenolic OH excluding ortho intramolecular Hbond substituents is 1. The van der Waals surface area contributed by atoms with Crippen LogP contribution in [-0.2, 0) is 19.0 Å². The topological polar surface area (TPSA) is 152 Å². The van der Waals surface area contributed by atoms with Gasteiger partial charge in [0, 0.05) is 31.0 Å². The third kappa shape index (κ3) is 5.91. The van der Waals surface area contributed by atoms with Gasteiger partial charge in [0.15, 0.2) is 0 Å². The number of allylic oxidation sites excluding steroid dienone is 1. The van der Waals surface area contributed by atoms with Crippen molar-refractivity contribution in [3.63, 3.8) is 0 Å². The van der Waals surface area contributed by atoms with Crippen molar-refractivity contribution in [3.8, 4) is 5.75 Å². The van der Waals surface area contributed by atoms with Crippen LogP contribution in [0.5, 0.6) is 5.75 Å². The van der Waals surface area contributed by atoms with Gasteiger partial charge in [-0.2, -0.15) is 0 Å². The lowest BCUT2D eigenvalue weighted by Gasteiger charge is -2.43. The molecule has 1 aromatic heterocycles. The largest absolute Gasteiger partial charge is 0.507 e. The molecule has 0 bridgehead atoms. The van der Waals surface area contributed by atoms with E-state index in [1.54, 1.807) is 25.4 Å². The maximum Gasteiger partial charge on any atom is 0.455 e. The van der Waals surface area contributed by atoms with Crippen LogP contribution in [-0.4, -0.2) is 58.8 Å². The Morgan fingerprint density at radius 2 is 1.93 bits per heavy atom. The lowest BCUT2D eigenvalue weighted by Crippen LogP contribution is -2.46. The summed E-state index contributed by atoms with van der Waals surface area (Å²) in [4.78, 5) is 44.1. The van der Waals surface area contributed by atoms with Crippen LogP contribution in [0, 0.1) is 27.9 Å². The zero-order chi connectivity index (χ0) is 31.7. The Morgan fingerprint density at radius 1 is 1.13 bits per heavy atom. The fourth-order valence-electron chi connectivity index (χ4n) is 6.98. The van der Waals surface area contributed by atoms with Gasteiger partial charge in [-0.05, 0) is 78.6 Å². The second-order valence-electron chi connectivity index (χ2n) is 11.5. The van der Waals surface area contributed by atoms with E-state index >= 15 is 0 Å². The summed E-state index contributed by atoms with van der Waals surface area (Å²) < 4.78 is 11.7. The lowest BCUT2D eigenvalue weighted by atomic mass is 9.58. The van der Waals surface area contributed by atoms with E-state index in [1.807, 2.05) is 36.4 Å². The molecule has 1 aliphatic carbocycles. The molecule has 2 amide bonds. The summed E-state index contributed by atoms with van der Waals surface area (Å²) in [5.41, 5.74) is 3.86. The molecule has 2 saturated heterocycles. The van der Waals surface area contributed by atoms with Crippen molar-refractivity contribution in [2.75, 3.05) is 18.6 Å². The molecule has 12 heteroatoms. The highest BCUT2D eigenvalue weighted by Gasteiger charge is 2.57.